The zero-order chi connectivity index (χ0) is 7.98. The summed E-state index contributed by atoms with van der Waals surface area (Å²) in [6, 6.07) is 0. The highest BCUT2D eigenvalue weighted by Gasteiger charge is 2.17. The smallest absolute Gasteiger partial charge is 0.166 e. The Hall–Kier alpha value is -0.410. The van der Waals surface area contributed by atoms with Gasteiger partial charge < -0.3 is 14.3 Å². The van der Waals surface area contributed by atoms with Crippen LogP contribution in [0.2, 0.25) is 0 Å². The first kappa shape index (κ1) is 9.59. The van der Waals surface area contributed by atoms with E-state index < -0.39 is 0 Å². The van der Waals surface area contributed by atoms with Crippen LogP contribution in [-0.2, 0) is 14.3 Å². The fourth-order valence-electron chi connectivity index (χ4n) is 0.799. The molecule has 0 heterocycles. The Morgan fingerprint density at radius 3 is 2.00 bits per heavy atom. The first-order chi connectivity index (χ1) is 4.79. The minimum atomic E-state index is -0.387. The van der Waals surface area contributed by atoms with E-state index in [9.17, 15) is 4.79 Å². The Labute approximate surface area is 61.3 Å². The van der Waals surface area contributed by atoms with Gasteiger partial charge in [0.15, 0.2) is 6.29 Å². The lowest BCUT2D eigenvalue weighted by Crippen LogP contribution is -2.25. The molecule has 0 fully saturated rings. The molecular formula is C7H14O3. The molecule has 0 N–H and O–H groups in total. The van der Waals surface area contributed by atoms with Gasteiger partial charge in [-0.25, -0.2) is 0 Å². The van der Waals surface area contributed by atoms with Crippen LogP contribution in [0.4, 0.5) is 0 Å². The molecule has 0 aliphatic heterocycles. The molecule has 0 amide bonds. The third-order valence-electron chi connectivity index (χ3n) is 1.46. The maximum Gasteiger partial charge on any atom is 0.166 e. The average Bonchev–Trinajstić information content (AvgIpc) is 2.00. The van der Waals surface area contributed by atoms with Gasteiger partial charge in [-0.3, -0.25) is 0 Å². The van der Waals surface area contributed by atoms with Crippen molar-refractivity contribution in [2.75, 3.05) is 14.2 Å². The number of hydrogen-bond acceptors (Lipinski definition) is 3. The van der Waals surface area contributed by atoms with Crippen molar-refractivity contribution >= 4 is 6.29 Å². The van der Waals surface area contributed by atoms with Gasteiger partial charge in [0.1, 0.15) is 6.29 Å². The summed E-state index contributed by atoms with van der Waals surface area (Å²) in [7, 11) is 3.06. The second-order valence-corrected chi connectivity index (χ2v) is 2.05. The van der Waals surface area contributed by atoms with E-state index in [1.807, 2.05) is 6.92 Å². The molecule has 0 radical (unpaired) electrons. The van der Waals surface area contributed by atoms with Gasteiger partial charge in [0.25, 0.3) is 0 Å². The fraction of sp³-hybridized carbons (Fsp3) is 0.857. The van der Waals surface area contributed by atoms with Gasteiger partial charge in [-0.15, -0.1) is 0 Å². The standard InChI is InChI=1S/C7H14O3/c1-4-6(5-8)7(9-2)10-3/h5-7H,4H2,1-3H3. The molecule has 0 saturated heterocycles. The zero-order valence-corrected chi connectivity index (χ0v) is 6.66. The first-order valence-corrected chi connectivity index (χ1v) is 3.31. The second-order valence-electron chi connectivity index (χ2n) is 2.05. The van der Waals surface area contributed by atoms with E-state index in [-0.39, 0.29) is 12.2 Å². The molecule has 0 aliphatic rings. The summed E-state index contributed by atoms with van der Waals surface area (Å²) >= 11 is 0. The van der Waals surface area contributed by atoms with E-state index in [2.05, 4.69) is 0 Å². The molecule has 3 nitrogen and oxygen atoms in total. The lowest BCUT2D eigenvalue weighted by molar-refractivity contribution is -0.148. The Morgan fingerprint density at radius 1 is 1.40 bits per heavy atom. The maximum atomic E-state index is 10.3. The topological polar surface area (TPSA) is 35.5 Å². The van der Waals surface area contributed by atoms with Crippen LogP contribution in [0.3, 0.4) is 0 Å². The van der Waals surface area contributed by atoms with Crippen molar-refractivity contribution in [1.29, 1.82) is 0 Å². The summed E-state index contributed by atoms with van der Waals surface area (Å²) < 4.78 is 9.78. The van der Waals surface area contributed by atoms with Crippen molar-refractivity contribution in [1.82, 2.24) is 0 Å². The predicted octanol–water partition coefficient (Wildman–Crippen LogP) is 0.830. The van der Waals surface area contributed by atoms with Gasteiger partial charge in [-0.1, -0.05) is 6.92 Å². The molecule has 0 spiro atoms. The molecule has 1 unspecified atom stereocenters. The summed E-state index contributed by atoms with van der Waals surface area (Å²) in [4.78, 5) is 10.3. The molecule has 60 valence electrons. The molecule has 10 heavy (non-hydrogen) atoms. The van der Waals surface area contributed by atoms with Crippen molar-refractivity contribution in [2.24, 2.45) is 5.92 Å². The van der Waals surface area contributed by atoms with Gasteiger partial charge in [0, 0.05) is 14.2 Å². The Bertz CT molecular complexity index is 88.9. The van der Waals surface area contributed by atoms with Crippen LogP contribution in [0.5, 0.6) is 0 Å². The summed E-state index contributed by atoms with van der Waals surface area (Å²) in [5, 5.41) is 0. The second kappa shape index (κ2) is 5.38. The largest absolute Gasteiger partial charge is 0.355 e. The molecule has 0 saturated carbocycles. The zero-order valence-electron chi connectivity index (χ0n) is 6.66. The van der Waals surface area contributed by atoms with Gasteiger partial charge in [-0.2, -0.15) is 0 Å². The van der Waals surface area contributed by atoms with E-state index in [1.54, 1.807) is 0 Å². The third-order valence-corrected chi connectivity index (χ3v) is 1.46. The SMILES string of the molecule is CCC(C=O)C(OC)OC. The van der Waals surface area contributed by atoms with Crippen molar-refractivity contribution in [3.8, 4) is 0 Å². The number of aldehydes is 1. The minimum Gasteiger partial charge on any atom is -0.355 e. The summed E-state index contributed by atoms with van der Waals surface area (Å²) in [5.74, 6) is -0.144. The van der Waals surface area contributed by atoms with Gasteiger partial charge in [-0.05, 0) is 6.42 Å². The summed E-state index contributed by atoms with van der Waals surface area (Å²) in [6.07, 6.45) is 1.22. The maximum absolute atomic E-state index is 10.3. The number of methoxy groups -OCH3 is 2. The van der Waals surface area contributed by atoms with Gasteiger partial charge in [0.05, 0.1) is 5.92 Å². The van der Waals surface area contributed by atoms with Crippen molar-refractivity contribution in [3.05, 3.63) is 0 Å². The molecular weight excluding hydrogens is 132 g/mol. The molecule has 0 aromatic carbocycles. The van der Waals surface area contributed by atoms with Crippen LogP contribution in [0.15, 0.2) is 0 Å². The van der Waals surface area contributed by atoms with Crippen LogP contribution >= 0.6 is 0 Å². The van der Waals surface area contributed by atoms with E-state index in [0.717, 1.165) is 12.7 Å². The molecule has 0 aliphatic carbocycles. The Kier molecular flexibility index (Phi) is 5.16. The minimum absolute atomic E-state index is 0.144. The first-order valence-electron chi connectivity index (χ1n) is 3.31. The van der Waals surface area contributed by atoms with E-state index >= 15 is 0 Å². The van der Waals surface area contributed by atoms with Crippen molar-refractivity contribution in [2.45, 2.75) is 19.6 Å². The van der Waals surface area contributed by atoms with E-state index in [0.29, 0.717) is 0 Å². The highest BCUT2D eigenvalue weighted by Crippen LogP contribution is 2.08. The highest BCUT2D eigenvalue weighted by atomic mass is 16.7. The molecule has 0 bridgehead atoms. The van der Waals surface area contributed by atoms with E-state index in [4.69, 9.17) is 9.47 Å². The summed E-state index contributed by atoms with van der Waals surface area (Å²) in [5.41, 5.74) is 0. The van der Waals surface area contributed by atoms with Crippen LogP contribution < -0.4 is 0 Å². The van der Waals surface area contributed by atoms with Crippen LogP contribution in [-0.4, -0.2) is 26.8 Å². The molecule has 1 atom stereocenters. The highest BCUT2D eigenvalue weighted by molar-refractivity contribution is 5.53. The number of ether oxygens (including phenoxy) is 2. The number of rotatable bonds is 5. The van der Waals surface area contributed by atoms with Crippen molar-refractivity contribution < 1.29 is 14.3 Å². The lowest BCUT2D eigenvalue weighted by Gasteiger charge is -2.17. The molecule has 3 heteroatoms. The predicted molar refractivity (Wildman–Crippen MR) is 37.7 cm³/mol. The molecule has 0 rings (SSSR count). The van der Waals surface area contributed by atoms with E-state index in [1.165, 1.54) is 14.2 Å². The fourth-order valence-corrected chi connectivity index (χ4v) is 0.799. The lowest BCUT2D eigenvalue weighted by atomic mass is 10.1. The quantitative estimate of drug-likeness (QED) is 0.425. The van der Waals surface area contributed by atoms with Crippen LogP contribution in [0, 0.1) is 5.92 Å². The van der Waals surface area contributed by atoms with Crippen LogP contribution in [0.1, 0.15) is 13.3 Å². The average molecular weight is 146 g/mol. The monoisotopic (exact) mass is 146 g/mol. The summed E-state index contributed by atoms with van der Waals surface area (Å²) in [6.45, 7) is 1.92. The number of hydrogen-bond donors (Lipinski definition) is 0. The Morgan fingerprint density at radius 2 is 1.90 bits per heavy atom. The molecule has 0 aromatic heterocycles. The molecule has 0 aromatic rings. The number of carbonyl (C=O) groups excluding carboxylic acids is 1. The third kappa shape index (κ3) is 2.45. The number of carbonyl (C=O) groups is 1. The van der Waals surface area contributed by atoms with Gasteiger partial charge in [0.2, 0.25) is 0 Å². The Balaban J connectivity index is 3.81. The normalized spacial score (nSPS) is 13.6. The van der Waals surface area contributed by atoms with Gasteiger partial charge >= 0.3 is 0 Å². The van der Waals surface area contributed by atoms with Crippen LogP contribution in [0.25, 0.3) is 0 Å². The van der Waals surface area contributed by atoms with Crippen molar-refractivity contribution in [3.63, 3.8) is 0 Å².